The molecule has 1 rings (SSSR count). The molecular formula is C10H15N3O2S. The second kappa shape index (κ2) is 5.72. The minimum absolute atomic E-state index is 0.0999. The number of rotatable bonds is 5. The Morgan fingerprint density at radius 1 is 1.50 bits per heavy atom. The van der Waals surface area contributed by atoms with E-state index in [2.05, 4.69) is 15.6 Å². The second-order valence-electron chi connectivity index (χ2n) is 3.68. The zero-order valence-electron chi connectivity index (χ0n) is 9.53. The summed E-state index contributed by atoms with van der Waals surface area (Å²) in [6.07, 6.45) is 0. The summed E-state index contributed by atoms with van der Waals surface area (Å²) in [5.41, 5.74) is 0.386. The van der Waals surface area contributed by atoms with Gasteiger partial charge in [0.15, 0.2) is 10.9 Å². The molecule has 16 heavy (non-hydrogen) atoms. The summed E-state index contributed by atoms with van der Waals surface area (Å²) in [5, 5.41) is 7.71. The maximum atomic E-state index is 11.4. The van der Waals surface area contributed by atoms with E-state index < -0.39 is 0 Å². The normalized spacial score (nSPS) is 10.5. The Labute approximate surface area is 98.3 Å². The molecule has 1 aromatic heterocycles. The topological polar surface area (TPSA) is 71.1 Å². The Hall–Kier alpha value is -1.27. The number of carbonyl (C=O) groups excluding carboxylic acids is 2. The van der Waals surface area contributed by atoms with Crippen molar-refractivity contribution in [3.05, 3.63) is 11.1 Å². The van der Waals surface area contributed by atoms with Crippen LogP contribution in [0.5, 0.6) is 0 Å². The minimum atomic E-state index is -0.154. The van der Waals surface area contributed by atoms with Crippen molar-refractivity contribution in [1.29, 1.82) is 0 Å². The highest BCUT2D eigenvalue weighted by molar-refractivity contribution is 7.14. The highest BCUT2D eigenvalue weighted by Gasteiger charge is 2.08. The molecule has 0 saturated carbocycles. The van der Waals surface area contributed by atoms with Gasteiger partial charge in [-0.25, -0.2) is 4.98 Å². The van der Waals surface area contributed by atoms with Crippen LogP contribution in [0.4, 0.5) is 5.13 Å². The fourth-order valence-electron chi connectivity index (χ4n) is 0.953. The van der Waals surface area contributed by atoms with Crippen LogP contribution in [0.25, 0.3) is 0 Å². The zero-order valence-corrected chi connectivity index (χ0v) is 10.4. The fourth-order valence-corrected chi connectivity index (χ4v) is 1.72. The lowest BCUT2D eigenvalue weighted by molar-refractivity contribution is -0.115. The monoisotopic (exact) mass is 241 g/mol. The number of thiazole rings is 1. The summed E-state index contributed by atoms with van der Waals surface area (Å²) >= 11 is 1.25. The molecule has 0 aliphatic heterocycles. The van der Waals surface area contributed by atoms with Crippen LogP contribution < -0.4 is 10.6 Å². The Balaban J connectivity index is 2.46. The molecule has 0 fully saturated rings. The van der Waals surface area contributed by atoms with Crippen LogP contribution in [-0.2, 0) is 4.79 Å². The lowest BCUT2D eigenvalue weighted by Gasteiger charge is -2.06. The van der Waals surface area contributed by atoms with E-state index in [-0.39, 0.29) is 24.3 Å². The second-order valence-corrected chi connectivity index (χ2v) is 4.54. The summed E-state index contributed by atoms with van der Waals surface area (Å²) in [5.74, 6) is -0.254. The number of hydrogen-bond acceptors (Lipinski definition) is 5. The van der Waals surface area contributed by atoms with Crippen molar-refractivity contribution >= 4 is 28.2 Å². The molecule has 0 atom stereocenters. The van der Waals surface area contributed by atoms with Crippen LogP contribution in [0.1, 0.15) is 31.3 Å². The molecule has 2 N–H and O–H groups in total. The SMILES string of the molecule is CC(=O)c1csc(NC(=O)CNC(C)C)n1. The molecule has 1 amide bonds. The van der Waals surface area contributed by atoms with Gasteiger partial charge in [-0.3, -0.25) is 9.59 Å². The van der Waals surface area contributed by atoms with Crippen LogP contribution in [0.3, 0.4) is 0 Å². The van der Waals surface area contributed by atoms with E-state index >= 15 is 0 Å². The first kappa shape index (κ1) is 12.8. The number of amides is 1. The molecule has 0 bridgehead atoms. The van der Waals surface area contributed by atoms with E-state index in [1.165, 1.54) is 18.3 Å². The predicted octanol–water partition coefficient (Wildman–Crippen LogP) is 1.28. The Kier molecular flexibility index (Phi) is 4.57. The molecule has 0 spiro atoms. The molecule has 0 aliphatic rings. The van der Waals surface area contributed by atoms with Gasteiger partial charge < -0.3 is 10.6 Å². The summed E-state index contributed by atoms with van der Waals surface area (Å²) < 4.78 is 0. The Morgan fingerprint density at radius 3 is 2.69 bits per heavy atom. The van der Waals surface area contributed by atoms with Gasteiger partial charge in [0, 0.05) is 18.3 Å². The molecule has 88 valence electrons. The highest BCUT2D eigenvalue weighted by Crippen LogP contribution is 2.15. The van der Waals surface area contributed by atoms with Crippen molar-refractivity contribution < 1.29 is 9.59 Å². The minimum Gasteiger partial charge on any atom is -0.306 e. The maximum Gasteiger partial charge on any atom is 0.240 e. The van der Waals surface area contributed by atoms with Gasteiger partial charge in [-0.2, -0.15) is 0 Å². The van der Waals surface area contributed by atoms with Crippen LogP contribution in [0, 0.1) is 0 Å². The lowest BCUT2D eigenvalue weighted by Crippen LogP contribution is -2.32. The van der Waals surface area contributed by atoms with E-state index in [4.69, 9.17) is 0 Å². The number of anilines is 1. The summed E-state index contributed by atoms with van der Waals surface area (Å²) in [7, 11) is 0. The molecule has 0 aliphatic carbocycles. The zero-order chi connectivity index (χ0) is 12.1. The van der Waals surface area contributed by atoms with Crippen LogP contribution in [0.2, 0.25) is 0 Å². The molecule has 1 aromatic rings. The quantitative estimate of drug-likeness (QED) is 0.762. The molecule has 0 saturated heterocycles. The smallest absolute Gasteiger partial charge is 0.240 e. The standard InChI is InChI=1S/C10H15N3O2S/c1-6(2)11-4-9(15)13-10-12-8(5-16-10)7(3)14/h5-6,11H,4H2,1-3H3,(H,12,13,15). The van der Waals surface area contributed by atoms with Gasteiger partial charge in [0.05, 0.1) is 6.54 Å². The number of ketones is 1. The van der Waals surface area contributed by atoms with Crippen LogP contribution >= 0.6 is 11.3 Å². The van der Waals surface area contributed by atoms with E-state index in [0.29, 0.717) is 10.8 Å². The molecule has 1 heterocycles. The summed E-state index contributed by atoms with van der Waals surface area (Å²) in [4.78, 5) is 26.4. The number of Topliss-reactive ketones (excluding diaryl/α,β-unsaturated/α-hetero) is 1. The van der Waals surface area contributed by atoms with Gasteiger partial charge in [-0.1, -0.05) is 13.8 Å². The number of carbonyl (C=O) groups is 2. The first-order chi connectivity index (χ1) is 7.49. The molecule has 0 radical (unpaired) electrons. The first-order valence-electron chi connectivity index (χ1n) is 4.98. The number of nitrogens with one attached hydrogen (secondary N) is 2. The average Bonchev–Trinajstić information content (AvgIpc) is 2.63. The van der Waals surface area contributed by atoms with Gasteiger partial charge in [-0.15, -0.1) is 11.3 Å². The van der Waals surface area contributed by atoms with Crippen molar-refractivity contribution in [3.8, 4) is 0 Å². The molecule has 6 heteroatoms. The van der Waals surface area contributed by atoms with E-state index in [9.17, 15) is 9.59 Å². The van der Waals surface area contributed by atoms with Crippen molar-refractivity contribution in [3.63, 3.8) is 0 Å². The van der Waals surface area contributed by atoms with Crippen molar-refractivity contribution in [1.82, 2.24) is 10.3 Å². The third-order valence-corrected chi connectivity index (χ3v) is 2.54. The third kappa shape index (κ3) is 4.08. The van der Waals surface area contributed by atoms with Gasteiger partial charge in [0.1, 0.15) is 5.69 Å². The summed E-state index contributed by atoms with van der Waals surface area (Å²) in [6.45, 7) is 5.61. The predicted molar refractivity (Wildman–Crippen MR) is 63.9 cm³/mol. The first-order valence-corrected chi connectivity index (χ1v) is 5.86. The molecule has 5 nitrogen and oxygen atoms in total. The average molecular weight is 241 g/mol. The Bertz CT molecular complexity index is 387. The van der Waals surface area contributed by atoms with Crippen LogP contribution in [-0.4, -0.2) is 29.3 Å². The Morgan fingerprint density at radius 2 is 2.19 bits per heavy atom. The van der Waals surface area contributed by atoms with Gasteiger partial charge in [0.25, 0.3) is 0 Å². The summed E-state index contributed by atoms with van der Waals surface area (Å²) in [6, 6.07) is 0.259. The highest BCUT2D eigenvalue weighted by atomic mass is 32.1. The third-order valence-electron chi connectivity index (χ3n) is 1.78. The van der Waals surface area contributed by atoms with Gasteiger partial charge >= 0.3 is 0 Å². The van der Waals surface area contributed by atoms with Crippen molar-refractivity contribution in [2.24, 2.45) is 0 Å². The number of aromatic nitrogens is 1. The molecule has 0 unspecified atom stereocenters. The van der Waals surface area contributed by atoms with Gasteiger partial charge in [-0.05, 0) is 0 Å². The fraction of sp³-hybridized carbons (Fsp3) is 0.500. The van der Waals surface area contributed by atoms with E-state index in [1.54, 1.807) is 5.38 Å². The van der Waals surface area contributed by atoms with Gasteiger partial charge in [0.2, 0.25) is 5.91 Å². The molecule has 0 aromatic carbocycles. The molecular weight excluding hydrogens is 226 g/mol. The van der Waals surface area contributed by atoms with Crippen molar-refractivity contribution in [2.45, 2.75) is 26.8 Å². The largest absolute Gasteiger partial charge is 0.306 e. The lowest BCUT2D eigenvalue weighted by atomic mass is 10.4. The van der Waals surface area contributed by atoms with E-state index in [0.717, 1.165) is 0 Å². The number of nitrogens with zero attached hydrogens (tertiary/aromatic N) is 1. The maximum absolute atomic E-state index is 11.4. The van der Waals surface area contributed by atoms with Crippen LogP contribution in [0.15, 0.2) is 5.38 Å². The van der Waals surface area contributed by atoms with E-state index in [1.807, 2.05) is 13.8 Å². The van der Waals surface area contributed by atoms with Crippen molar-refractivity contribution in [2.75, 3.05) is 11.9 Å². The number of hydrogen-bond donors (Lipinski definition) is 2.